The van der Waals surface area contributed by atoms with Crippen LogP contribution in [-0.4, -0.2) is 21.2 Å². The third-order valence-corrected chi connectivity index (χ3v) is 5.56. The molecule has 0 aliphatic heterocycles. The molecule has 0 radical (unpaired) electrons. The highest BCUT2D eigenvalue weighted by Crippen LogP contribution is 2.43. The molecule has 9 heteroatoms. The third-order valence-electron chi connectivity index (χ3n) is 5.56. The maximum absolute atomic E-state index is 14.6. The van der Waals surface area contributed by atoms with E-state index in [1.807, 2.05) is 0 Å². The van der Waals surface area contributed by atoms with Crippen LogP contribution in [0.15, 0.2) is 35.3 Å². The number of alkyl halides is 3. The molecule has 1 fully saturated rings. The molecule has 2 aromatic heterocycles. The Hall–Kier alpha value is -2.97. The minimum absolute atomic E-state index is 0.0240. The van der Waals surface area contributed by atoms with Crippen LogP contribution in [0.2, 0.25) is 0 Å². The number of pyridine rings is 1. The summed E-state index contributed by atoms with van der Waals surface area (Å²) in [7, 11) is 0. The molecule has 30 heavy (non-hydrogen) atoms. The summed E-state index contributed by atoms with van der Waals surface area (Å²) in [6.07, 6.45) is -0.288. The number of fused-ring (bicyclic) bond motifs is 1. The van der Waals surface area contributed by atoms with E-state index in [2.05, 4.69) is 15.3 Å². The van der Waals surface area contributed by atoms with Gasteiger partial charge in [0.25, 0.3) is 12.0 Å². The molecule has 4 rings (SSSR count). The number of nitrogens with zero attached hydrogens (tertiary/aromatic N) is 3. The highest BCUT2D eigenvalue weighted by Gasteiger charge is 2.45. The number of nitrogens with one attached hydrogen (secondary N) is 1. The van der Waals surface area contributed by atoms with Crippen molar-refractivity contribution >= 4 is 16.7 Å². The Labute approximate surface area is 169 Å². The van der Waals surface area contributed by atoms with Gasteiger partial charge in [0.1, 0.15) is 29.5 Å². The van der Waals surface area contributed by atoms with Crippen molar-refractivity contribution in [1.82, 2.24) is 14.5 Å². The topological polar surface area (TPSA) is 59.8 Å². The zero-order valence-electron chi connectivity index (χ0n) is 16.4. The number of anilines is 1. The van der Waals surface area contributed by atoms with Gasteiger partial charge in [-0.3, -0.25) is 4.79 Å². The lowest BCUT2D eigenvalue weighted by Crippen LogP contribution is -2.32. The Kier molecular flexibility index (Phi) is 4.99. The van der Waals surface area contributed by atoms with E-state index in [0.29, 0.717) is 24.2 Å². The molecular formula is C21H20F4N4O. The Bertz CT molecular complexity index is 1170. The van der Waals surface area contributed by atoms with E-state index in [1.54, 1.807) is 19.9 Å². The summed E-state index contributed by atoms with van der Waals surface area (Å²) in [5, 5.41) is 3.12. The van der Waals surface area contributed by atoms with Gasteiger partial charge in [-0.2, -0.15) is 0 Å². The molecular weight excluding hydrogens is 400 g/mol. The fourth-order valence-electron chi connectivity index (χ4n) is 3.67. The van der Waals surface area contributed by atoms with Crippen LogP contribution < -0.4 is 10.9 Å². The van der Waals surface area contributed by atoms with Crippen molar-refractivity contribution in [1.29, 1.82) is 0 Å². The predicted octanol–water partition coefficient (Wildman–Crippen LogP) is 4.81. The molecule has 0 bridgehead atoms. The second-order valence-corrected chi connectivity index (χ2v) is 7.65. The number of hydrogen-bond donors (Lipinski definition) is 1. The lowest BCUT2D eigenvalue weighted by Gasteiger charge is -2.20. The van der Waals surface area contributed by atoms with Crippen LogP contribution in [0.1, 0.15) is 49.2 Å². The Balaban J connectivity index is 1.80. The van der Waals surface area contributed by atoms with Gasteiger partial charge in [-0.25, -0.2) is 27.5 Å². The average molecular weight is 420 g/mol. The van der Waals surface area contributed by atoms with E-state index < -0.39 is 41.6 Å². The summed E-state index contributed by atoms with van der Waals surface area (Å²) < 4.78 is 55.6. The first-order valence-corrected chi connectivity index (χ1v) is 9.57. The van der Waals surface area contributed by atoms with Crippen LogP contribution in [0, 0.1) is 12.7 Å². The second kappa shape index (κ2) is 7.37. The first-order chi connectivity index (χ1) is 14.3. The summed E-state index contributed by atoms with van der Waals surface area (Å²) >= 11 is 0. The van der Waals surface area contributed by atoms with Gasteiger partial charge in [0.05, 0.1) is 22.7 Å². The van der Waals surface area contributed by atoms with Gasteiger partial charge in [-0.05, 0) is 32.8 Å². The van der Waals surface area contributed by atoms with Gasteiger partial charge in [-0.15, -0.1) is 0 Å². The van der Waals surface area contributed by atoms with Crippen LogP contribution in [0.25, 0.3) is 10.9 Å². The summed E-state index contributed by atoms with van der Waals surface area (Å²) in [6.45, 7) is 2.57. The molecule has 0 saturated heterocycles. The van der Waals surface area contributed by atoms with E-state index in [-0.39, 0.29) is 16.8 Å². The van der Waals surface area contributed by atoms with Crippen LogP contribution in [0.3, 0.4) is 0 Å². The molecule has 0 amide bonds. The monoisotopic (exact) mass is 420 g/mol. The van der Waals surface area contributed by atoms with Gasteiger partial charge >= 0.3 is 0 Å². The van der Waals surface area contributed by atoms with E-state index in [4.69, 9.17) is 0 Å². The Morgan fingerprint density at radius 2 is 1.90 bits per heavy atom. The van der Waals surface area contributed by atoms with E-state index in [0.717, 1.165) is 6.07 Å². The normalized spacial score (nSPS) is 16.1. The van der Waals surface area contributed by atoms with Crippen molar-refractivity contribution in [3.8, 4) is 0 Å². The van der Waals surface area contributed by atoms with Gasteiger partial charge in [0, 0.05) is 11.8 Å². The van der Waals surface area contributed by atoms with Crippen molar-refractivity contribution in [2.75, 3.05) is 12.0 Å². The highest BCUT2D eigenvalue weighted by molar-refractivity contribution is 5.88. The molecule has 158 valence electrons. The minimum Gasteiger partial charge on any atom is -0.363 e. The Morgan fingerprint density at radius 3 is 2.53 bits per heavy atom. The smallest absolute Gasteiger partial charge is 0.266 e. The van der Waals surface area contributed by atoms with Gasteiger partial charge in [0.2, 0.25) is 0 Å². The van der Waals surface area contributed by atoms with Crippen molar-refractivity contribution < 1.29 is 17.6 Å². The zero-order valence-corrected chi connectivity index (χ0v) is 16.4. The molecule has 1 atom stereocenters. The van der Waals surface area contributed by atoms with Crippen LogP contribution >= 0.6 is 0 Å². The zero-order chi connectivity index (χ0) is 21.6. The summed E-state index contributed by atoms with van der Waals surface area (Å²) in [4.78, 5) is 21.7. The molecule has 1 aliphatic carbocycles. The number of aromatic nitrogens is 3. The lowest BCUT2D eigenvalue weighted by molar-refractivity contribution is 0.146. The summed E-state index contributed by atoms with van der Waals surface area (Å²) in [5.74, 6) is -0.474. The molecule has 1 N–H and O–H groups in total. The minimum atomic E-state index is -2.94. The van der Waals surface area contributed by atoms with E-state index >= 15 is 0 Å². The number of aryl methyl sites for hydroxylation is 1. The maximum atomic E-state index is 14.6. The van der Waals surface area contributed by atoms with Gasteiger partial charge < -0.3 is 9.88 Å². The molecule has 3 aromatic rings. The van der Waals surface area contributed by atoms with Crippen molar-refractivity contribution in [2.45, 2.75) is 44.7 Å². The van der Waals surface area contributed by atoms with Gasteiger partial charge in [-0.1, -0.05) is 18.2 Å². The van der Waals surface area contributed by atoms with Crippen LogP contribution in [-0.2, 0) is 5.54 Å². The standard InChI is InChI=1S/C21H20F4N4O/c1-11(13-4-3-5-14(17(13)23)18(24)25)26-19-16-15(27-12(2)28-19)6-9-29(20(16)30)21(10-22)7-8-21/h3-6,9,11,18H,7-8,10H2,1-2H3,(H,26,27,28)/t11-/m1/s1. The average Bonchev–Trinajstić information content (AvgIpc) is 3.48. The van der Waals surface area contributed by atoms with Crippen LogP contribution in [0.4, 0.5) is 23.4 Å². The molecule has 0 spiro atoms. The summed E-state index contributed by atoms with van der Waals surface area (Å²) in [5.41, 5.74) is -1.58. The quantitative estimate of drug-likeness (QED) is 0.582. The van der Waals surface area contributed by atoms with Crippen LogP contribution in [0.5, 0.6) is 0 Å². The molecule has 1 aliphatic rings. The number of benzene rings is 1. The fraction of sp³-hybridized carbons (Fsp3) is 0.381. The van der Waals surface area contributed by atoms with E-state index in [1.165, 1.54) is 22.9 Å². The number of rotatable bonds is 6. The molecule has 1 saturated carbocycles. The second-order valence-electron chi connectivity index (χ2n) is 7.65. The number of halogens is 4. The van der Waals surface area contributed by atoms with E-state index in [9.17, 15) is 22.4 Å². The molecule has 2 heterocycles. The SMILES string of the molecule is Cc1nc(N[C@H](C)c2cccc(C(F)F)c2F)c2c(=O)n(C3(CF)CC3)ccc2n1. The predicted molar refractivity (Wildman–Crippen MR) is 105 cm³/mol. The third kappa shape index (κ3) is 3.32. The van der Waals surface area contributed by atoms with Crippen molar-refractivity contribution in [3.05, 3.63) is 63.6 Å². The van der Waals surface area contributed by atoms with Gasteiger partial charge in [0.15, 0.2) is 0 Å². The molecule has 0 unspecified atom stereocenters. The first-order valence-electron chi connectivity index (χ1n) is 9.57. The number of hydrogen-bond acceptors (Lipinski definition) is 4. The molecule has 1 aromatic carbocycles. The first kappa shape index (κ1) is 20.3. The fourth-order valence-corrected chi connectivity index (χ4v) is 3.67. The van der Waals surface area contributed by atoms with Crippen molar-refractivity contribution in [2.24, 2.45) is 0 Å². The highest BCUT2D eigenvalue weighted by atomic mass is 19.3. The lowest BCUT2D eigenvalue weighted by atomic mass is 10.0. The molecule has 5 nitrogen and oxygen atoms in total. The van der Waals surface area contributed by atoms with Crippen molar-refractivity contribution in [3.63, 3.8) is 0 Å². The largest absolute Gasteiger partial charge is 0.363 e. The Morgan fingerprint density at radius 1 is 1.20 bits per heavy atom. The summed E-state index contributed by atoms with van der Waals surface area (Å²) in [6, 6.07) is 4.65. The maximum Gasteiger partial charge on any atom is 0.266 e.